The number of aryl methyl sites for hydroxylation is 1. The summed E-state index contributed by atoms with van der Waals surface area (Å²) in [4.78, 5) is 27.4. The predicted octanol–water partition coefficient (Wildman–Crippen LogP) is 3.35. The van der Waals surface area contributed by atoms with Crippen molar-refractivity contribution in [2.45, 2.75) is 19.8 Å². The average Bonchev–Trinajstić information content (AvgIpc) is 3.08. The van der Waals surface area contributed by atoms with Gasteiger partial charge in [0.15, 0.2) is 0 Å². The van der Waals surface area contributed by atoms with E-state index in [0.29, 0.717) is 10.7 Å². The van der Waals surface area contributed by atoms with Crippen LogP contribution in [0.25, 0.3) is 0 Å². The highest BCUT2D eigenvalue weighted by molar-refractivity contribution is 6.31. The molecule has 1 saturated heterocycles. The molecule has 1 heterocycles. The second-order valence-corrected chi connectivity index (χ2v) is 7.60. The zero-order valence-corrected chi connectivity index (χ0v) is 13.0. The summed E-state index contributed by atoms with van der Waals surface area (Å²) < 4.78 is 0. The molecule has 22 heavy (non-hydrogen) atoms. The number of halogens is 1. The fourth-order valence-electron chi connectivity index (χ4n) is 5.14. The number of allylic oxidation sites excluding steroid dienone is 2. The van der Waals surface area contributed by atoms with Crippen LogP contribution in [-0.4, -0.2) is 11.8 Å². The Balaban J connectivity index is 1.61. The monoisotopic (exact) mass is 313 g/mol. The van der Waals surface area contributed by atoms with Crippen molar-refractivity contribution in [2.24, 2.45) is 29.1 Å². The normalized spacial score (nSPS) is 36.5. The summed E-state index contributed by atoms with van der Waals surface area (Å²) in [6.45, 7) is 1.91. The summed E-state index contributed by atoms with van der Waals surface area (Å²) >= 11 is 6.07. The van der Waals surface area contributed by atoms with Gasteiger partial charge in [0.25, 0.3) is 0 Å². The smallest absolute Gasteiger partial charge is 0.238 e. The molecule has 1 aromatic rings. The van der Waals surface area contributed by atoms with Crippen LogP contribution >= 0.6 is 11.6 Å². The van der Waals surface area contributed by atoms with Gasteiger partial charge in [-0.25, -0.2) is 4.90 Å². The third-order valence-electron chi connectivity index (χ3n) is 6.26. The third-order valence-corrected chi connectivity index (χ3v) is 6.50. The quantitative estimate of drug-likeness (QED) is 0.589. The lowest BCUT2D eigenvalue weighted by Crippen LogP contribution is -2.35. The summed E-state index contributed by atoms with van der Waals surface area (Å²) in [6, 6.07) is 5.38. The number of benzene rings is 1. The van der Waals surface area contributed by atoms with Gasteiger partial charge in [0, 0.05) is 5.02 Å². The van der Waals surface area contributed by atoms with Gasteiger partial charge >= 0.3 is 0 Å². The van der Waals surface area contributed by atoms with E-state index in [9.17, 15) is 9.59 Å². The van der Waals surface area contributed by atoms with Gasteiger partial charge in [-0.15, -0.1) is 0 Å². The first kappa shape index (κ1) is 12.9. The molecule has 112 valence electrons. The molecule has 0 unspecified atom stereocenters. The van der Waals surface area contributed by atoms with Gasteiger partial charge < -0.3 is 0 Å². The number of hydrogen-bond acceptors (Lipinski definition) is 2. The number of imide groups is 1. The van der Waals surface area contributed by atoms with Crippen LogP contribution in [0.2, 0.25) is 5.02 Å². The summed E-state index contributed by atoms with van der Waals surface area (Å²) in [5.74, 6) is 0.186. The van der Waals surface area contributed by atoms with E-state index in [1.165, 1.54) is 17.7 Å². The number of nitrogens with zero attached hydrogens (tertiary/aromatic N) is 1. The summed E-state index contributed by atoms with van der Waals surface area (Å²) in [7, 11) is 0. The topological polar surface area (TPSA) is 37.4 Å². The van der Waals surface area contributed by atoms with Crippen LogP contribution in [0, 0.1) is 36.0 Å². The lowest BCUT2D eigenvalue weighted by molar-refractivity contribution is -0.123. The van der Waals surface area contributed by atoms with Crippen molar-refractivity contribution in [1.29, 1.82) is 0 Å². The SMILES string of the molecule is Cc1ccc(Cl)cc1N1C(=O)[C@H]2[C@H](C1=O)[C@H]1C=C[C@H]2C12CC2. The number of anilines is 1. The fraction of sp³-hybridized carbons (Fsp3) is 0.444. The highest BCUT2D eigenvalue weighted by atomic mass is 35.5. The van der Waals surface area contributed by atoms with Crippen molar-refractivity contribution in [2.75, 3.05) is 4.90 Å². The first-order chi connectivity index (χ1) is 10.5. The Kier molecular flexibility index (Phi) is 2.24. The molecule has 0 N–H and O–H groups in total. The van der Waals surface area contributed by atoms with Crippen molar-refractivity contribution in [3.8, 4) is 0 Å². The molecule has 3 nitrogen and oxygen atoms in total. The standard InChI is InChI=1S/C18H16ClNO2/c1-9-2-3-10(19)8-13(9)20-16(21)14-11-4-5-12(15(14)17(20)22)18(11)6-7-18/h2-5,8,11-12,14-15H,6-7H2,1H3/t11-,12-,14-,15-/m1/s1. The van der Waals surface area contributed by atoms with Crippen molar-refractivity contribution < 1.29 is 9.59 Å². The largest absolute Gasteiger partial charge is 0.274 e. The predicted molar refractivity (Wildman–Crippen MR) is 83.4 cm³/mol. The minimum atomic E-state index is -0.150. The van der Waals surface area contributed by atoms with Gasteiger partial charge in [-0.05, 0) is 54.7 Å². The van der Waals surface area contributed by atoms with E-state index in [1.807, 2.05) is 13.0 Å². The third kappa shape index (κ3) is 1.30. The number of hydrogen-bond donors (Lipinski definition) is 0. The van der Waals surface area contributed by atoms with Crippen molar-refractivity contribution in [1.82, 2.24) is 0 Å². The molecule has 2 amide bonds. The molecular formula is C18H16ClNO2. The summed E-state index contributed by atoms with van der Waals surface area (Å²) in [5.41, 5.74) is 1.81. The Bertz CT molecular complexity index is 730. The maximum absolute atomic E-state index is 13.0. The van der Waals surface area contributed by atoms with E-state index < -0.39 is 0 Å². The van der Waals surface area contributed by atoms with Crippen molar-refractivity contribution in [3.05, 3.63) is 40.9 Å². The van der Waals surface area contributed by atoms with Crippen LogP contribution in [0.4, 0.5) is 5.69 Å². The molecular weight excluding hydrogens is 298 g/mol. The Morgan fingerprint density at radius 3 is 2.23 bits per heavy atom. The molecule has 1 spiro atoms. The minimum absolute atomic E-state index is 0.0245. The number of carbonyl (C=O) groups is 2. The van der Waals surface area contributed by atoms with Gasteiger partial charge in [-0.2, -0.15) is 0 Å². The lowest BCUT2D eigenvalue weighted by atomic mass is 9.85. The van der Waals surface area contributed by atoms with E-state index in [0.717, 1.165) is 5.56 Å². The zero-order valence-electron chi connectivity index (χ0n) is 12.3. The van der Waals surface area contributed by atoms with Gasteiger partial charge in [0.1, 0.15) is 0 Å². The van der Waals surface area contributed by atoms with Crippen molar-refractivity contribution >= 4 is 29.1 Å². The fourth-order valence-corrected chi connectivity index (χ4v) is 5.31. The Hall–Kier alpha value is -1.61. The molecule has 3 fully saturated rings. The van der Waals surface area contributed by atoms with Crippen LogP contribution in [0.15, 0.2) is 30.4 Å². The molecule has 4 heteroatoms. The molecule has 0 aromatic heterocycles. The number of fused-ring (bicyclic) bond motifs is 3. The number of rotatable bonds is 1. The highest BCUT2D eigenvalue weighted by Gasteiger charge is 2.73. The maximum atomic E-state index is 13.0. The Morgan fingerprint density at radius 1 is 1.09 bits per heavy atom. The van der Waals surface area contributed by atoms with E-state index in [4.69, 9.17) is 11.6 Å². The number of carbonyl (C=O) groups excluding carboxylic acids is 2. The van der Waals surface area contributed by atoms with Gasteiger partial charge in [-0.3, -0.25) is 9.59 Å². The van der Waals surface area contributed by atoms with Crippen molar-refractivity contribution in [3.63, 3.8) is 0 Å². The van der Waals surface area contributed by atoms with E-state index >= 15 is 0 Å². The van der Waals surface area contributed by atoms with Crippen LogP contribution in [-0.2, 0) is 9.59 Å². The lowest BCUT2D eigenvalue weighted by Gasteiger charge is -2.23. The van der Waals surface area contributed by atoms with Crippen LogP contribution < -0.4 is 4.90 Å². The highest BCUT2D eigenvalue weighted by Crippen LogP contribution is 2.73. The molecule has 4 atom stereocenters. The Morgan fingerprint density at radius 2 is 1.68 bits per heavy atom. The molecule has 4 aliphatic rings. The second-order valence-electron chi connectivity index (χ2n) is 7.16. The average molecular weight is 314 g/mol. The first-order valence-corrected chi connectivity index (χ1v) is 8.25. The molecule has 1 aliphatic heterocycles. The van der Waals surface area contributed by atoms with Crippen LogP contribution in [0.3, 0.4) is 0 Å². The summed E-state index contributed by atoms with van der Waals surface area (Å²) in [6.07, 6.45) is 6.72. The molecule has 2 bridgehead atoms. The summed E-state index contributed by atoms with van der Waals surface area (Å²) in [5, 5.41) is 0.554. The van der Waals surface area contributed by atoms with Gasteiger partial charge in [0.2, 0.25) is 11.8 Å². The van der Waals surface area contributed by atoms with Gasteiger partial charge in [-0.1, -0.05) is 29.8 Å². The van der Waals surface area contributed by atoms with Gasteiger partial charge in [0.05, 0.1) is 17.5 Å². The molecule has 5 rings (SSSR count). The van der Waals surface area contributed by atoms with Crippen LogP contribution in [0.1, 0.15) is 18.4 Å². The zero-order chi connectivity index (χ0) is 15.2. The minimum Gasteiger partial charge on any atom is -0.274 e. The van der Waals surface area contributed by atoms with E-state index in [1.54, 1.807) is 12.1 Å². The van der Waals surface area contributed by atoms with E-state index in [2.05, 4.69) is 12.2 Å². The Labute approximate surface area is 133 Å². The molecule has 2 saturated carbocycles. The molecule has 0 radical (unpaired) electrons. The molecule has 1 aromatic carbocycles. The number of amides is 2. The first-order valence-electron chi connectivity index (χ1n) is 7.87. The second kappa shape index (κ2) is 3.83. The van der Waals surface area contributed by atoms with Crippen LogP contribution in [0.5, 0.6) is 0 Å². The van der Waals surface area contributed by atoms with E-state index in [-0.39, 0.29) is 40.9 Å². The molecule has 3 aliphatic carbocycles. The maximum Gasteiger partial charge on any atom is 0.238 e.